The third kappa shape index (κ3) is 4.96. The van der Waals surface area contributed by atoms with Gasteiger partial charge in [0.05, 0.1) is 5.54 Å². The second-order valence-corrected chi connectivity index (χ2v) is 12.6. The summed E-state index contributed by atoms with van der Waals surface area (Å²) in [4.78, 5) is 70.4. The van der Waals surface area contributed by atoms with Gasteiger partial charge in [0, 0.05) is 30.8 Å². The summed E-state index contributed by atoms with van der Waals surface area (Å²) in [6.07, 6.45) is 0.635. The maximum Gasteiger partial charge on any atom is 0.246 e. The molecule has 11 nitrogen and oxygen atoms in total. The molecule has 2 aliphatic heterocycles. The second-order valence-electron chi connectivity index (χ2n) is 12.6. The summed E-state index contributed by atoms with van der Waals surface area (Å²) in [5.41, 5.74) is 3.84. The number of likely N-dealkylation sites (tertiary alicyclic amines) is 1. The number of carbonyl (C=O) groups excluding carboxylic acids is 5. The first-order valence-corrected chi connectivity index (χ1v) is 13.0. The Balaban J connectivity index is 1.91. The quantitative estimate of drug-likeness (QED) is 0.315. The lowest BCUT2D eigenvalue weighted by Gasteiger charge is -2.38. The average Bonchev–Trinajstić information content (AvgIpc) is 3.13. The monoisotopic (exact) mass is 518 g/mol. The summed E-state index contributed by atoms with van der Waals surface area (Å²) in [6, 6.07) is -2.88. The number of amides is 5. The van der Waals surface area contributed by atoms with E-state index in [4.69, 9.17) is 5.73 Å². The van der Waals surface area contributed by atoms with Crippen molar-refractivity contribution in [1.29, 1.82) is 0 Å². The summed E-state index contributed by atoms with van der Waals surface area (Å²) >= 11 is 0. The Labute approximate surface area is 218 Å². The highest BCUT2D eigenvalue weighted by molar-refractivity contribution is 5.96. The number of carbonyl (C=O) groups is 5. The zero-order valence-electron chi connectivity index (χ0n) is 23.0. The summed E-state index contributed by atoms with van der Waals surface area (Å²) in [7, 11) is 0. The van der Waals surface area contributed by atoms with Crippen molar-refractivity contribution in [3.8, 4) is 0 Å². The normalized spacial score (nSPS) is 29.7. The molecular formula is C26H42N6O5. The first kappa shape index (κ1) is 28.6. The SMILES string of the molecule is C=N[C@]12CN(C(=O)[C@@H](NC(=O)C(C)C)C(C)(C)C)[C@H](C(=O)N[C@@H](C[C@@H]3CCNC3=O)C(N)=O)[C@H]1C2(C)C. The summed E-state index contributed by atoms with van der Waals surface area (Å²) in [5, 5.41) is 8.31. The molecule has 0 unspecified atom stereocenters. The van der Waals surface area contributed by atoms with Gasteiger partial charge in [-0.25, -0.2) is 0 Å². The van der Waals surface area contributed by atoms with Crippen LogP contribution < -0.4 is 21.7 Å². The fourth-order valence-electron chi connectivity index (χ4n) is 6.01. The van der Waals surface area contributed by atoms with Gasteiger partial charge in [-0.05, 0) is 30.4 Å². The minimum atomic E-state index is -1.06. The van der Waals surface area contributed by atoms with Crippen molar-refractivity contribution >= 4 is 36.3 Å². The summed E-state index contributed by atoms with van der Waals surface area (Å²) in [5.74, 6) is -3.19. The Morgan fingerprint density at radius 2 is 1.84 bits per heavy atom. The van der Waals surface area contributed by atoms with Crippen molar-refractivity contribution in [2.45, 2.75) is 85.0 Å². The van der Waals surface area contributed by atoms with Gasteiger partial charge in [-0.2, -0.15) is 0 Å². The van der Waals surface area contributed by atoms with Crippen LogP contribution >= 0.6 is 0 Å². The van der Waals surface area contributed by atoms with Crippen LogP contribution in [0.5, 0.6) is 0 Å². The van der Waals surface area contributed by atoms with E-state index in [0.717, 1.165) is 0 Å². The molecule has 0 aromatic carbocycles. The molecule has 37 heavy (non-hydrogen) atoms. The van der Waals surface area contributed by atoms with E-state index in [0.29, 0.717) is 13.0 Å². The predicted octanol–water partition coefficient (Wildman–Crippen LogP) is -0.0242. The molecule has 2 saturated heterocycles. The van der Waals surface area contributed by atoms with Crippen LogP contribution in [0.2, 0.25) is 0 Å². The molecule has 1 aliphatic carbocycles. The number of nitrogens with zero attached hydrogens (tertiary/aromatic N) is 2. The number of rotatable bonds is 9. The van der Waals surface area contributed by atoms with E-state index in [9.17, 15) is 24.0 Å². The van der Waals surface area contributed by atoms with E-state index in [1.54, 1.807) is 13.8 Å². The van der Waals surface area contributed by atoms with Gasteiger partial charge in [-0.1, -0.05) is 48.5 Å². The minimum Gasteiger partial charge on any atom is -0.368 e. The van der Waals surface area contributed by atoms with Gasteiger partial charge in [0.15, 0.2) is 0 Å². The maximum absolute atomic E-state index is 14.0. The van der Waals surface area contributed by atoms with Crippen LogP contribution in [0.15, 0.2) is 4.99 Å². The second kappa shape index (κ2) is 9.72. The molecule has 6 atom stereocenters. The number of hydrogen-bond donors (Lipinski definition) is 4. The lowest BCUT2D eigenvalue weighted by Crippen LogP contribution is -2.61. The molecular weight excluding hydrogens is 476 g/mol. The van der Waals surface area contributed by atoms with E-state index in [2.05, 4.69) is 27.7 Å². The van der Waals surface area contributed by atoms with Gasteiger partial charge in [0.2, 0.25) is 29.5 Å². The van der Waals surface area contributed by atoms with Crippen molar-refractivity contribution in [3.05, 3.63) is 0 Å². The molecule has 1 saturated carbocycles. The number of nitrogens with one attached hydrogen (secondary N) is 3. The Kier molecular flexibility index (Phi) is 7.51. The van der Waals surface area contributed by atoms with Crippen molar-refractivity contribution in [1.82, 2.24) is 20.9 Å². The topological polar surface area (TPSA) is 163 Å². The molecule has 0 bridgehead atoms. The van der Waals surface area contributed by atoms with Gasteiger partial charge >= 0.3 is 0 Å². The van der Waals surface area contributed by atoms with E-state index in [-0.39, 0.29) is 36.6 Å². The number of aliphatic imine (C=N–C) groups is 1. The molecule has 5 N–H and O–H groups in total. The Hall–Kier alpha value is -2.98. The molecule has 11 heteroatoms. The Morgan fingerprint density at radius 1 is 1.22 bits per heavy atom. The number of hydrogen-bond acceptors (Lipinski definition) is 6. The maximum atomic E-state index is 14.0. The lowest BCUT2D eigenvalue weighted by atomic mass is 9.84. The van der Waals surface area contributed by atoms with Crippen LogP contribution in [0, 0.1) is 28.6 Å². The molecule has 0 spiro atoms. The van der Waals surface area contributed by atoms with Crippen LogP contribution in [0.1, 0.15) is 61.3 Å². The standard InChI is InChI=1S/C26H42N6O5/c1-13(2)20(34)31-18(24(3,4)5)23(37)32-12-26(28-8)17(25(26,6)7)16(32)22(36)30-15(19(27)33)11-14-9-10-29-21(14)35/h13-18H,8-12H2,1-7H3,(H2,27,33)(H,29,35)(H,30,36)(H,31,34)/t14-,15-,16-,17-,18+,26+/m0/s1. The van der Waals surface area contributed by atoms with Crippen LogP contribution in [-0.4, -0.2) is 77.9 Å². The van der Waals surface area contributed by atoms with Crippen molar-refractivity contribution < 1.29 is 24.0 Å². The Morgan fingerprint density at radius 3 is 2.30 bits per heavy atom. The Bertz CT molecular complexity index is 1000. The highest BCUT2D eigenvalue weighted by Crippen LogP contribution is 2.70. The fourth-order valence-corrected chi connectivity index (χ4v) is 6.01. The van der Waals surface area contributed by atoms with Crippen LogP contribution in [0.3, 0.4) is 0 Å². The van der Waals surface area contributed by atoms with E-state index in [1.807, 2.05) is 34.6 Å². The number of fused-ring (bicyclic) bond motifs is 1. The third-order valence-electron chi connectivity index (χ3n) is 8.49. The van der Waals surface area contributed by atoms with E-state index >= 15 is 0 Å². The zero-order valence-corrected chi connectivity index (χ0v) is 23.0. The summed E-state index contributed by atoms with van der Waals surface area (Å²) < 4.78 is 0. The smallest absolute Gasteiger partial charge is 0.246 e. The molecule has 0 aromatic rings. The summed E-state index contributed by atoms with van der Waals surface area (Å²) in [6.45, 7) is 17.4. The van der Waals surface area contributed by atoms with Gasteiger partial charge in [0.1, 0.15) is 18.1 Å². The molecule has 0 radical (unpaired) electrons. The predicted molar refractivity (Wildman–Crippen MR) is 138 cm³/mol. The molecule has 3 aliphatic rings. The molecule has 2 heterocycles. The van der Waals surface area contributed by atoms with E-state index in [1.165, 1.54) is 4.90 Å². The zero-order chi connectivity index (χ0) is 28.1. The van der Waals surface area contributed by atoms with Gasteiger partial charge < -0.3 is 26.6 Å². The molecule has 206 valence electrons. The van der Waals surface area contributed by atoms with Gasteiger partial charge in [-0.15, -0.1) is 0 Å². The molecule has 3 fully saturated rings. The number of primary amides is 1. The van der Waals surface area contributed by atoms with Crippen molar-refractivity contribution in [2.24, 2.45) is 39.3 Å². The highest BCUT2D eigenvalue weighted by atomic mass is 16.2. The van der Waals surface area contributed by atoms with Crippen LogP contribution in [0.25, 0.3) is 0 Å². The van der Waals surface area contributed by atoms with Crippen LogP contribution in [0.4, 0.5) is 0 Å². The number of piperidine rings is 1. The van der Waals surface area contributed by atoms with Gasteiger partial charge in [-0.3, -0.25) is 29.0 Å². The minimum absolute atomic E-state index is 0.0849. The third-order valence-corrected chi connectivity index (χ3v) is 8.49. The number of nitrogens with two attached hydrogens (primary N) is 1. The van der Waals surface area contributed by atoms with Gasteiger partial charge in [0.25, 0.3) is 0 Å². The first-order valence-electron chi connectivity index (χ1n) is 13.0. The fraction of sp³-hybridized carbons (Fsp3) is 0.769. The van der Waals surface area contributed by atoms with E-state index < -0.39 is 58.1 Å². The molecule has 3 rings (SSSR count). The van der Waals surface area contributed by atoms with Crippen LogP contribution in [-0.2, 0) is 24.0 Å². The molecule has 0 aromatic heterocycles. The molecule has 5 amide bonds. The lowest BCUT2D eigenvalue weighted by molar-refractivity contribution is -0.146. The highest BCUT2D eigenvalue weighted by Gasteiger charge is 2.80. The van der Waals surface area contributed by atoms with Crippen molar-refractivity contribution in [2.75, 3.05) is 13.1 Å². The first-order chi connectivity index (χ1) is 17.0. The largest absolute Gasteiger partial charge is 0.368 e. The van der Waals surface area contributed by atoms with Crippen molar-refractivity contribution in [3.63, 3.8) is 0 Å². The average molecular weight is 519 g/mol.